The van der Waals surface area contributed by atoms with Crippen LogP contribution in [-0.2, 0) is 9.59 Å². The minimum absolute atomic E-state index is 0.156. The molecule has 0 aromatic carbocycles. The Morgan fingerprint density at radius 2 is 1.64 bits per heavy atom. The van der Waals surface area contributed by atoms with Crippen LogP contribution in [0.15, 0.2) is 0 Å². The first-order chi connectivity index (χ1) is 12.2. The summed E-state index contributed by atoms with van der Waals surface area (Å²) in [4.78, 5) is 26.9. The molecule has 5 nitrogen and oxygen atoms in total. The molecule has 2 amide bonds. The largest absolute Gasteiger partial charge is 0.353 e. The minimum atomic E-state index is 0.156. The zero-order valence-corrected chi connectivity index (χ0v) is 15.5. The van der Waals surface area contributed by atoms with E-state index in [0.29, 0.717) is 30.7 Å². The minimum Gasteiger partial charge on any atom is -0.353 e. The van der Waals surface area contributed by atoms with Gasteiger partial charge in [-0.25, -0.2) is 0 Å². The van der Waals surface area contributed by atoms with E-state index in [1.165, 1.54) is 32.1 Å². The molecule has 3 aliphatic rings. The molecule has 1 heterocycles. The zero-order valence-electron chi connectivity index (χ0n) is 15.5. The molecule has 0 aromatic rings. The van der Waals surface area contributed by atoms with Crippen LogP contribution in [0.3, 0.4) is 0 Å². The second-order valence-corrected chi connectivity index (χ2v) is 8.50. The van der Waals surface area contributed by atoms with Crippen molar-refractivity contribution in [3.8, 4) is 0 Å². The van der Waals surface area contributed by atoms with Gasteiger partial charge >= 0.3 is 0 Å². The molecule has 0 bridgehead atoms. The van der Waals surface area contributed by atoms with E-state index in [-0.39, 0.29) is 17.9 Å². The molecule has 5 heteroatoms. The molecule has 1 atom stereocenters. The highest BCUT2D eigenvalue weighted by Gasteiger charge is 2.33. The Morgan fingerprint density at radius 1 is 0.920 bits per heavy atom. The van der Waals surface area contributed by atoms with Gasteiger partial charge in [0.25, 0.3) is 0 Å². The maximum Gasteiger partial charge on any atom is 0.225 e. The van der Waals surface area contributed by atoms with Crippen LogP contribution in [0, 0.1) is 17.8 Å². The first-order valence-electron chi connectivity index (χ1n) is 10.4. The van der Waals surface area contributed by atoms with Crippen molar-refractivity contribution in [2.75, 3.05) is 19.6 Å². The van der Waals surface area contributed by atoms with Crippen molar-refractivity contribution in [3.05, 3.63) is 0 Å². The van der Waals surface area contributed by atoms with Gasteiger partial charge in [-0.3, -0.25) is 9.59 Å². The van der Waals surface area contributed by atoms with E-state index < -0.39 is 0 Å². The summed E-state index contributed by atoms with van der Waals surface area (Å²) in [5.74, 6) is 1.79. The number of hydrogen-bond donors (Lipinski definition) is 2. The van der Waals surface area contributed by atoms with Crippen molar-refractivity contribution in [3.63, 3.8) is 0 Å². The third-order valence-corrected chi connectivity index (χ3v) is 6.57. The Bertz CT molecular complexity index is 454. The number of hydrogen-bond acceptors (Lipinski definition) is 3. The molecule has 1 saturated heterocycles. The summed E-state index contributed by atoms with van der Waals surface area (Å²) in [6.07, 6.45) is 11.8. The molecule has 1 unspecified atom stereocenters. The molecule has 0 aromatic heterocycles. The van der Waals surface area contributed by atoms with Crippen molar-refractivity contribution >= 4 is 11.8 Å². The average Bonchev–Trinajstić information content (AvgIpc) is 3.12. The number of rotatable bonds is 5. The Morgan fingerprint density at radius 3 is 2.28 bits per heavy atom. The van der Waals surface area contributed by atoms with E-state index in [2.05, 4.69) is 5.32 Å². The molecular weight excluding hydrogens is 314 g/mol. The van der Waals surface area contributed by atoms with E-state index in [0.717, 1.165) is 45.2 Å². The molecule has 0 radical (unpaired) electrons. The lowest BCUT2D eigenvalue weighted by Crippen LogP contribution is -2.42. The van der Waals surface area contributed by atoms with Gasteiger partial charge in [-0.2, -0.15) is 0 Å². The van der Waals surface area contributed by atoms with Gasteiger partial charge < -0.3 is 16.0 Å². The second-order valence-electron chi connectivity index (χ2n) is 8.50. The molecule has 3 rings (SSSR count). The lowest BCUT2D eigenvalue weighted by molar-refractivity contribution is -0.135. The molecule has 3 fully saturated rings. The summed E-state index contributed by atoms with van der Waals surface area (Å²) in [6.45, 7) is 2.40. The number of nitrogens with one attached hydrogen (secondary N) is 1. The predicted molar refractivity (Wildman–Crippen MR) is 98.8 cm³/mol. The first kappa shape index (κ1) is 18.7. The van der Waals surface area contributed by atoms with Crippen molar-refractivity contribution in [2.24, 2.45) is 23.5 Å². The SMILES string of the molecule is NCC1CCN(C(=O)C2CCC(NC(=O)CC3CCCCC3)CC2)C1. The summed E-state index contributed by atoms with van der Waals surface area (Å²) in [5.41, 5.74) is 5.73. The number of carbonyl (C=O) groups excluding carboxylic acids is 2. The normalized spacial score (nSPS) is 31.1. The number of nitrogens with zero attached hydrogens (tertiary/aromatic N) is 1. The summed E-state index contributed by atoms with van der Waals surface area (Å²) >= 11 is 0. The third-order valence-electron chi connectivity index (χ3n) is 6.57. The van der Waals surface area contributed by atoms with Crippen LogP contribution < -0.4 is 11.1 Å². The number of nitrogens with two attached hydrogens (primary N) is 1. The van der Waals surface area contributed by atoms with E-state index in [1.807, 2.05) is 4.90 Å². The van der Waals surface area contributed by atoms with E-state index in [4.69, 9.17) is 5.73 Å². The number of carbonyl (C=O) groups is 2. The fraction of sp³-hybridized carbons (Fsp3) is 0.900. The Labute approximate surface area is 152 Å². The van der Waals surface area contributed by atoms with Gasteiger partial charge in [0.2, 0.25) is 11.8 Å². The fourth-order valence-corrected chi connectivity index (χ4v) is 4.91. The van der Waals surface area contributed by atoms with Crippen LogP contribution in [0.2, 0.25) is 0 Å². The molecule has 2 aliphatic carbocycles. The molecule has 2 saturated carbocycles. The quantitative estimate of drug-likeness (QED) is 0.800. The predicted octanol–water partition coefficient (Wildman–Crippen LogP) is 2.44. The van der Waals surface area contributed by atoms with Crippen molar-refractivity contribution in [1.82, 2.24) is 10.2 Å². The maximum atomic E-state index is 12.7. The number of likely N-dealkylation sites (tertiary alicyclic amines) is 1. The van der Waals surface area contributed by atoms with Crippen LogP contribution >= 0.6 is 0 Å². The van der Waals surface area contributed by atoms with E-state index in [9.17, 15) is 9.59 Å². The van der Waals surface area contributed by atoms with Gasteiger partial charge in [0.1, 0.15) is 0 Å². The van der Waals surface area contributed by atoms with Crippen LogP contribution in [0.1, 0.15) is 70.6 Å². The van der Waals surface area contributed by atoms with Gasteiger partial charge in [0.15, 0.2) is 0 Å². The molecule has 142 valence electrons. The van der Waals surface area contributed by atoms with Crippen LogP contribution in [0.5, 0.6) is 0 Å². The van der Waals surface area contributed by atoms with Crippen LogP contribution in [0.4, 0.5) is 0 Å². The topological polar surface area (TPSA) is 75.4 Å². The monoisotopic (exact) mass is 349 g/mol. The highest BCUT2D eigenvalue weighted by atomic mass is 16.2. The molecule has 1 aliphatic heterocycles. The first-order valence-corrected chi connectivity index (χ1v) is 10.4. The Kier molecular flexibility index (Phi) is 6.74. The van der Waals surface area contributed by atoms with Gasteiger partial charge in [-0.05, 0) is 63.3 Å². The molecule has 25 heavy (non-hydrogen) atoms. The summed E-state index contributed by atoms with van der Waals surface area (Å²) < 4.78 is 0. The smallest absolute Gasteiger partial charge is 0.225 e. The third kappa shape index (κ3) is 5.19. The molecule has 0 spiro atoms. The molecule has 3 N–H and O–H groups in total. The van der Waals surface area contributed by atoms with Crippen LogP contribution in [0.25, 0.3) is 0 Å². The van der Waals surface area contributed by atoms with Crippen molar-refractivity contribution < 1.29 is 9.59 Å². The second kappa shape index (κ2) is 9.02. The maximum absolute atomic E-state index is 12.7. The van der Waals surface area contributed by atoms with Gasteiger partial charge in [-0.15, -0.1) is 0 Å². The van der Waals surface area contributed by atoms with Gasteiger partial charge in [0, 0.05) is 31.5 Å². The highest BCUT2D eigenvalue weighted by molar-refractivity contribution is 5.79. The standard InChI is InChI=1S/C20H35N3O2/c21-13-16-10-11-23(14-16)20(25)17-6-8-18(9-7-17)22-19(24)12-15-4-2-1-3-5-15/h15-18H,1-14,21H2,(H,22,24). The summed E-state index contributed by atoms with van der Waals surface area (Å²) in [5, 5.41) is 3.23. The lowest BCUT2D eigenvalue weighted by Gasteiger charge is -2.31. The van der Waals surface area contributed by atoms with Crippen LogP contribution in [-0.4, -0.2) is 42.4 Å². The average molecular weight is 350 g/mol. The zero-order chi connectivity index (χ0) is 17.6. The molecular formula is C20H35N3O2. The Balaban J connectivity index is 1.36. The van der Waals surface area contributed by atoms with E-state index >= 15 is 0 Å². The summed E-state index contributed by atoms with van der Waals surface area (Å²) in [7, 11) is 0. The lowest BCUT2D eigenvalue weighted by atomic mass is 9.84. The fourth-order valence-electron chi connectivity index (χ4n) is 4.91. The number of amides is 2. The Hall–Kier alpha value is -1.10. The van der Waals surface area contributed by atoms with E-state index in [1.54, 1.807) is 0 Å². The van der Waals surface area contributed by atoms with Gasteiger partial charge in [0.05, 0.1) is 0 Å². The van der Waals surface area contributed by atoms with Gasteiger partial charge in [-0.1, -0.05) is 19.3 Å². The highest BCUT2D eigenvalue weighted by Crippen LogP contribution is 2.29. The van der Waals surface area contributed by atoms with Crippen molar-refractivity contribution in [1.29, 1.82) is 0 Å². The summed E-state index contributed by atoms with van der Waals surface area (Å²) in [6, 6.07) is 0.274. The van der Waals surface area contributed by atoms with Crippen molar-refractivity contribution in [2.45, 2.75) is 76.7 Å².